The molecule has 2 heterocycles. The molecule has 0 bridgehead atoms. The van der Waals surface area contributed by atoms with Crippen LogP contribution in [0.5, 0.6) is 0 Å². The Labute approximate surface area is 126 Å². The fraction of sp³-hybridized carbons (Fsp3) is 0.250. The highest BCUT2D eigenvalue weighted by Crippen LogP contribution is 2.29. The van der Waals surface area contributed by atoms with Gasteiger partial charge in [0.2, 0.25) is 0 Å². The van der Waals surface area contributed by atoms with E-state index in [4.69, 9.17) is 5.11 Å². The van der Waals surface area contributed by atoms with E-state index in [0.29, 0.717) is 24.4 Å². The highest BCUT2D eigenvalue weighted by atomic mass is 32.1. The number of carbonyl (C=O) groups excluding carboxylic acids is 1. The zero-order chi connectivity index (χ0) is 14.8. The van der Waals surface area contributed by atoms with Gasteiger partial charge in [-0.25, -0.2) is 0 Å². The molecule has 0 saturated carbocycles. The number of hydrogen-bond donors (Lipinski definition) is 1. The van der Waals surface area contributed by atoms with Crippen molar-refractivity contribution >= 4 is 23.2 Å². The lowest BCUT2D eigenvalue weighted by Crippen LogP contribution is -2.29. The minimum absolute atomic E-state index is 0.0640. The van der Waals surface area contributed by atoms with Crippen LogP contribution in [0.3, 0.4) is 0 Å². The average Bonchev–Trinajstić information content (AvgIpc) is 3.17. The summed E-state index contributed by atoms with van der Waals surface area (Å²) in [5.41, 5.74) is 1.09. The number of carboxylic acid groups (broad SMARTS) is 1. The summed E-state index contributed by atoms with van der Waals surface area (Å²) in [6.45, 7) is 0.834. The van der Waals surface area contributed by atoms with Gasteiger partial charge in [-0.1, -0.05) is 30.3 Å². The summed E-state index contributed by atoms with van der Waals surface area (Å²) in [4.78, 5) is 26.7. The number of carbonyl (C=O) groups is 2. The van der Waals surface area contributed by atoms with E-state index in [-0.39, 0.29) is 5.91 Å². The van der Waals surface area contributed by atoms with E-state index in [1.165, 1.54) is 11.3 Å². The zero-order valence-corrected chi connectivity index (χ0v) is 12.2. The molecule has 1 N–H and O–H groups in total. The van der Waals surface area contributed by atoms with Gasteiger partial charge in [0.05, 0.1) is 10.8 Å². The van der Waals surface area contributed by atoms with Crippen LogP contribution in [0.2, 0.25) is 0 Å². The first kappa shape index (κ1) is 13.8. The SMILES string of the molecule is O=C(O)[C@H]1CCN(C(=O)c2ccc(-c3ccccc3)s2)C1. The molecule has 3 rings (SSSR count). The van der Waals surface area contributed by atoms with E-state index in [1.807, 2.05) is 42.5 Å². The maximum atomic E-state index is 12.4. The van der Waals surface area contributed by atoms with Crippen molar-refractivity contribution in [1.82, 2.24) is 4.90 Å². The first-order valence-electron chi connectivity index (χ1n) is 6.82. The van der Waals surface area contributed by atoms with Crippen LogP contribution in [-0.4, -0.2) is 35.0 Å². The van der Waals surface area contributed by atoms with E-state index >= 15 is 0 Å². The molecule has 1 fully saturated rings. The van der Waals surface area contributed by atoms with Gasteiger partial charge >= 0.3 is 5.97 Å². The number of nitrogens with zero attached hydrogens (tertiary/aromatic N) is 1. The van der Waals surface area contributed by atoms with Crippen LogP contribution < -0.4 is 0 Å². The van der Waals surface area contributed by atoms with Crippen molar-refractivity contribution in [3.63, 3.8) is 0 Å². The van der Waals surface area contributed by atoms with Crippen molar-refractivity contribution in [2.45, 2.75) is 6.42 Å². The molecule has 1 aromatic heterocycles. The van der Waals surface area contributed by atoms with Crippen molar-refractivity contribution in [3.8, 4) is 10.4 Å². The summed E-state index contributed by atoms with van der Waals surface area (Å²) < 4.78 is 0. The number of aliphatic carboxylic acids is 1. The van der Waals surface area contributed by atoms with E-state index in [0.717, 1.165) is 10.4 Å². The normalized spacial score (nSPS) is 17.9. The molecule has 0 aliphatic carbocycles. The van der Waals surface area contributed by atoms with Crippen molar-refractivity contribution in [3.05, 3.63) is 47.3 Å². The lowest BCUT2D eigenvalue weighted by atomic mass is 10.1. The Hall–Kier alpha value is -2.14. The summed E-state index contributed by atoms with van der Waals surface area (Å²) in [6, 6.07) is 13.7. The maximum absolute atomic E-state index is 12.4. The second kappa shape index (κ2) is 5.69. The van der Waals surface area contributed by atoms with Crippen molar-refractivity contribution in [1.29, 1.82) is 0 Å². The molecule has 108 valence electrons. The molecule has 0 spiro atoms. The average molecular weight is 301 g/mol. The number of benzene rings is 1. The fourth-order valence-electron chi connectivity index (χ4n) is 2.51. The van der Waals surface area contributed by atoms with Crippen LogP contribution in [0.15, 0.2) is 42.5 Å². The Morgan fingerprint density at radius 3 is 2.57 bits per heavy atom. The number of carboxylic acids is 1. The van der Waals surface area contributed by atoms with Crippen molar-refractivity contribution in [2.24, 2.45) is 5.92 Å². The van der Waals surface area contributed by atoms with Gasteiger partial charge in [0.15, 0.2) is 0 Å². The van der Waals surface area contributed by atoms with Crippen molar-refractivity contribution in [2.75, 3.05) is 13.1 Å². The number of rotatable bonds is 3. The van der Waals surface area contributed by atoms with Crippen LogP contribution in [-0.2, 0) is 4.79 Å². The fourth-order valence-corrected chi connectivity index (χ4v) is 3.49. The molecule has 21 heavy (non-hydrogen) atoms. The lowest BCUT2D eigenvalue weighted by molar-refractivity contribution is -0.141. The Bertz CT molecular complexity index is 665. The van der Waals surface area contributed by atoms with Gasteiger partial charge in [-0.15, -0.1) is 11.3 Å². The molecular weight excluding hydrogens is 286 g/mol. The summed E-state index contributed by atoms with van der Waals surface area (Å²) >= 11 is 1.45. The van der Waals surface area contributed by atoms with Crippen LogP contribution in [0, 0.1) is 5.92 Å². The zero-order valence-electron chi connectivity index (χ0n) is 11.4. The highest BCUT2D eigenvalue weighted by molar-refractivity contribution is 7.17. The Morgan fingerprint density at radius 1 is 1.14 bits per heavy atom. The van der Waals surface area contributed by atoms with E-state index in [1.54, 1.807) is 4.90 Å². The first-order chi connectivity index (χ1) is 10.1. The molecule has 4 nitrogen and oxygen atoms in total. The van der Waals surface area contributed by atoms with Crippen LogP contribution in [0.1, 0.15) is 16.1 Å². The Kier molecular flexibility index (Phi) is 3.75. The minimum atomic E-state index is -0.818. The van der Waals surface area contributed by atoms with Gasteiger partial charge in [0.25, 0.3) is 5.91 Å². The topological polar surface area (TPSA) is 57.6 Å². The molecule has 1 amide bonds. The van der Waals surface area contributed by atoms with Gasteiger partial charge in [-0.05, 0) is 24.1 Å². The molecule has 5 heteroatoms. The third-order valence-electron chi connectivity index (χ3n) is 3.70. The van der Waals surface area contributed by atoms with Crippen LogP contribution >= 0.6 is 11.3 Å². The molecular formula is C16H15NO3S. The molecule has 0 radical (unpaired) electrons. The smallest absolute Gasteiger partial charge is 0.308 e. The van der Waals surface area contributed by atoms with Crippen molar-refractivity contribution < 1.29 is 14.7 Å². The molecule has 1 aliphatic rings. The first-order valence-corrected chi connectivity index (χ1v) is 7.64. The predicted octanol–water partition coefficient (Wildman–Crippen LogP) is 2.96. The van der Waals surface area contributed by atoms with Gasteiger partial charge in [0.1, 0.15) is 0 Å². The summed E-state index contributed by atoms with van der Waals surface area (Å²) in [5, 5.41) is 9.00. The van der Waals surface area contributed by atoms with Gasteiger partial charge in [-0.3, -0.25) is 9.59 Å². The predicted molar refractivity (Wildman–Crippen MR) is 81.4 cm³/mol. The number of likely N-dealkylation sites (tertiary alicyclic amines) is 1. The third-order valence-corrected chi connectivity index (χ3v) is 4.82. The van der Waals surface area contributed by atoms with E-state index in [9.17, 15) is 9.59 Å². The van der Waals surface area contributed by atoms with E-state index < -0.39 is 11.9 Å². The number of hydrogen-bond acceptors (Lipinski definition) is 3. The quantitative estimate of drug-likeness (QED) is 0.948. The molecule has 2 aromatic rings. The molecule has 1 saturated heterocycles. The molecule has 1 aromatic carbocycles. The molecule has 0 unspecified atom stereocenters. The minimum Gasteiger partial charge on any atom is -0.481 e. The second-order valence-corrected chi connectivity index (χ2v) is 6.19. The summed E-state index contributed by atoms with van der Waals surface area (Å²) in [6.07, 6.45) is 0.540. The standard InChI is InChI=1S/C16H15NO3S/c18-15(17-9-8-12(10-17)16(19)20)14-7-6-13(21-14)11-4-2-1-3-5-11/h1-7,12H,8-10H2,(H,19,20)/t12-/m0/s1. The summed E-state index contributed by atoms with van der Waals surface area (Å²) in [7, 11) is 0. The number of thiophene rings is 1. The van der Waals surface area contributed by atoms with Gasteiger partial charge in [0, 0.05) is 18.0 Å². The lowest BCUT2D eigenvalue weighted by Gasteiger charge is -2.14. The number of amides is 1. The molecule has 1 atom stereocenters. The molecule has 1 aliphatic heterocycles. The largest absolute Gasteiger partial charge is 0.481 e. The monoisotopic (exact) mass is 301 g/mol. The Balaban J connectivity index is 1.75. The van der Waals surface area contributed by atoms with Gasteiger partial charge < -0.3 is 10.0 Å². The third kappa shape index (κ3) is 2.83. The van der Waals surface area contributed by atoms with E-state index in [2.05, 4.69) is 0 Å². The summed E-state index contributed by atoms with van der Waals surface area (Å²) in [5.74, 6) is -1.31. The highest BCUT2D eigenvalue weighted by Gasteiger charge is 2.31. The van der Waals surface area contributed by atoms with Gasteiger partial charge in [-0.2, -0.15) is 0 Å². The second-order valence-electron chi connectivity index (χ2n) is 5.10. The van der Waals surface area contributed by atoms with Crippen LogP contribution in [0.4, 0.5) is 0 Å². The van der Waals surface area contributed by atoms with Crippen LogP contribution in [0.25, 0.3) is 10.4 Å². The maximum Gasteiger partial charge on any atom is 0.308 e. The Morgan fingerprint density at radius 2 is 1.90 bits per heavy atom.